The van der Waals surface area contributed by atoms with Crippen LogP contribution in [0.15, 0.2) is 71.5 Å². The summed E-state index contributed by atoms with van der Waals surface area (Å²) in [7, 11) is 0. The van der Waals surface area contributed by atoms with Crippen molar-refractivity contribution in [3.05, 3.63) is 104 Å². The topological polar surface area (TPSA) is 43.6 Å². The third-order valence-corrected chi connectivity index (χ3v) is 6.07. The molecule has 0 saturated carbocycles. The molecule has 0 aliphatic carbocycles. The molecule has 0 bridgehead atoms. The molecule has 0 N–H and O–H groups in total. The van der Waals surface area contributed by atoms with Crippen molar-refractivity contribution in [3.8, 4) is 5.75 Å². The van der Waals surface area contributed by atoms with Gasteiger partial charge in [0.25, 0.3) is 5.56 Å². The Bertz CT molecular complexity index is 1490. The van der Waals surface area contributed by atoms with Gasteiger partial charge in [0.2, 0.25) is 0 Å². The lowest BCUT2D eigenvalue weighted by Gasteiger charge is -2.09. The van der Waals surface area contributed by atoms with Crippen LogP contribution in [0.25, 0.3) is 22.1 Å². The van der Waals surface area contributed by atoms with E-state index in [0.717, 1.165) is 16.6 Å². The zero-order chi connectivity index (χ0) is 20.7. The molecule has 2 heterocycles. The van der Waals surface area contributed by atoms with Gasteiger partial charge < -0.3 is 4.74 Å². The Morgan fingerprint density at radius 1 is 1.10 bits per heavy atom. The summed E-state index contributed by atoms with van der Waals surface area (Å²) in [5.41, 5.74) is 2.61. The van der Waals surface area contributed by atoms with Crippen molar-refractivity contribution >= 4 is 45.0 Å². The Balaban J connectivity index is 1.48. The molecule has 0 aliphatic heterocycles. The van der Waals surface area contributed by atoms with E-state index in [4.69, 9.17) is 16.3 Å². The smallest absolute Gasteiger partial charge is 0.274 e. The first-order chi connectivity index (χ1) is 14.6. The summed E-state index contributed by atoms with van der Waals surface area (Å²) in [5.74, 6) is 0.151. The SMILES string of the molecule is O=c1c(=Cc2cccc(OCc3c(F)cccc3Cl)c2)sc2nc3ccccc3n12. The van der Waals surface area contributed by atoms with Gasteiger partial charge in [0.1, 0.15) is 18.2 Å². The molecule has 2 aromatic heterocycles. The second-order valence-electron chi connectivity index (χ2n) is 6.70. The molecule has 0 atom stereocenters. The summed E-state index contributed by atoms with van der Waals surface area (Å²) in [6, 6.07) is 19.4. The zero-order valence-electron chi connectivity index (χ0n) is 15.5. The van der Waals surface area contributed by atoms with E-state index < -0.39 is 5.82 Å². The highest BCUT2D eigenvalue weighted by Crippen LogP contribution is 2.22. The molecule has 5 aromatic rings. The summed E-state index contributed by atoms with van der Waals surface area (Å²) < 4.78 is 21.9. The molecule has 0 spiro atoms. The molecule has 4 nitrogen and oxygen atoms in total. The zero-order valence-corrected chi connectivity index (χ0v) is 17.1. The Kier molecular flexibility index (Phi) is 4.73. The summed E-state index contributed by atoms with van der Waals surface area (Å²) in [4.78, 5) is 18.1. The Morgan fingerprint density at radius 2 is 1.93 bits per heavy atom. The predicted octanol–water partition coefficient (Wildman–Crippen LogP) is 4.83. The van der Waals surface area contributed by atoms with Crippen LogP contribution in [0.2, 0.25) is 5.02 Å². The molecule has 0 radical (unpaired) electrons. The largest absolute Gasteiger partial charge is 0.489 e. The number of hydrogen-bond acceptors (Lipinski definition) is 4. The van der Waals surface area contributed by atoms with Crippen molar-refractivity contribution in [1.82, 2.24) is 9.38 Å². The number of nitrogens with zero attached hydrogens (tertiary/aromatic N) is 2. The molecule has 30 heavy (non-hydrogen) atoms. The standard InChI is InChI=1S/C23H14ClFN2O2S/c24-17-7-4-8-18(25)16(17)13-29-15-6-3-5-14(11-15)12-21-22(28)27-20-10-2-1-9-19(20)26-23(27)30-21/h1-12H,13H2. The molecule has 5 rings (SSSR count). The Hall–Kier alpha value is -3.22. The van der Waals surface area contributed by atoms with E-state index in [1.165, 1.54) is 17.4 Å². The molecule has 0 amide bonds. The molecular formula is C23H14ClFN2O2S. The van der Waals surface area contributed by atoms with Crippen molar-refractivity contribution in [2.45, 2.75) is 6.61 Å². The van der Waals surface area contributed by atoms with Gasteiger partial charge in [-0.2, -0.15) is 0 Å². The van der Waals surface area contributed by atoms with Crippen LogP contribution in [0.4, 0.5) is 4.39 Å². The van der Waals surface area contributed by atoms with E-state index in [1.807, 2.05) is 36.4 Å². The van der Waals surface area contributed by atoms with Crippen molar-refractivity contribution < 1.29 is 9.13 Å². The van der Waals surface area contributed by atoms with Crippen molar-refractivity contribution in [3.63, 3.8) is 0 Å². The average molecular weight is 437 g/mol. The van der Waals surface area contributed by atoms with Crippen LogP contribution in [-0.2, 0) is 6.61 Å². The lowest BCUT2D eigenvalue weighted by molar-refractivity contribution is 0.300. The molecule has 7 heteroatoms. The number of rotatable bonds is 4. The minimum atomic E-state index is -0.407. The third kappa shape index (κ3) is 3.34. The van der Waals surface area contributed by atoms with E-state index in [-0.39, 0.29) is 12.2 Å². The van der Waals surface area contributed by atoms with Crippen LogP contribution in [0.5, 0.6) is 5.75 Å². The summed E-state index contributed by atoms with van der Waals surface area (Å²) in [6.45, 7) is 0.0145. The number of fused-ring (bicyclic) bond motifs is 3. The van der Waals surface area contributed by atoms with Crippen LogP contribution < -0.4 is 14.8 Å². The molecule has 0 saturated heterocycles. The second-order valence-corrected chi connectivity index (χ2v) is 8.11. The quantitative estimate of drug-likeness (QED) is 0.405. The first-order valence-corrected chi connectivity index (χ1v) is 10.4. The first-order valence-electron chi connectivity index (χ1n) is 9.17. The van der Waals surface area contributed by atoms with Gasteiger partial charge in [-0.1, -0.05) is 53.3 Å². The van der Waals surface area contributed by atoms with Gasteiger partial charge in [0, 0.05) is 5.56 Å². The normalized spacial score (nSPS) is 12.1. The number of hydrogen-bond donors (Lipinski definition) is 0. The fourth-order valence-corrected chi connectivity index (χ4v) is 4.49. The number of halogens is 2. The molecule has 0 aliphatic rings. The maximum atomic E-state index is 13.9. The maximum Gasteiger partial charge on any atom is 0.274 e. The fourth-order valence-electron chi connectivity index (χ4n) is 3.28. The molecule has 0 unspecified atom stereocenters. The number of ether oxygens (including phenoxy) is 1. The van der Waals surface area contributed by atoms with Crippen molar-refractivity contribution in [2.75, 3.05) is 0 Å². The van der Waals surface area contributed by atoms with Crippen molar-refractivity contribution in [1.29, 1.82) is 0 Å². The monoisotopic (exact) mass is 436 g/mol. The molecular weight excluding hydrogens is 423 g/mol. The van der Waals surface area contributed by atoms with E-state index in [0.29, 0.717) is 25.8 Å². The number of imidazole rings is 1. The Labute approximate surface area is 179 Å². The lowest BCUT2D eigenvalue weighted by atomic mass is 10.2. The van der Waals surface area contributed by atoms with Crippen LogP contribution >= 0.6 is 22.9 Å². The lowest BCUT2D eigenvalue weighted by Crippen LogP contribution is -2.22. The Morgan fingerprint density at radius 3 is 2.80 bits per heavy atom. The summed E-state index contributed by atoms with van der Waals surface area (Å²) in [5, 5.41) is 0.322. The van der Waals surface area contributed by atoms with Crippen molar-refractivity contribution in [2.24, 2.45) is 0 Å². The van der Waals surface area contributed by atoms with E-state index >= 15 is 0 Å². The molecule has 0 fully saturated rings. The number of para-hydroxylation sites is 2. The van der Waals surface area contributed by atoms with Crippen LogP contribution in [0.3, 0.4) is 0 Å². The summed E-state index contributed by atoms with van der Waals surface area (Å²) in [6.07, 6.45) is 1.80. The van der Waals surface area contributed by atoms with Gasteiger partial charge in [0.15, 0.2) is 4.96 Å². The summed E-state index contributed by atoms with van der Waals surface area (Å²) >= 11 is 7.39. The highest BCUT2D eigenvalue weighted by Gasteiger charge is 2.11. The number of benzene rings is 3. The van der Waals surface area contributed by atoms with Gasteiger partial charge in [-0.05, 0) is 48.0 Å². The van der Waals surface area contributed by atoms with E-state index in [1.54, 1.807) is 34.7 Å². The van der Waals surface area contributed by atoms with Gasteiger partial charge in [-0.3, -0.25) is 4.79 Å². The highest BCUT2D eigenvalue weighted by atomic mass is 35.5. The van der Waals surface area contributed by atoms with Gasteiger partial charge in [-0.15, -0.1) is 0 Å². The number of aromatic nitrogens is 2. The average Bonchev–Trinajstić information content (AvgIpc) is 3.24. The maximum absolute atomic E-state index is 13.9. The van der Waals surface area contributed by atoms with Crippen LogP contribution in [-0.4, -0.2) is 9.38 Å². The number of thiazole rings is 1. The minimum absolute atomic E-state index is 0.0145. The third-order valence-electron chi connectivity index (χ3n) is 4.75. The van der Waals surface area contributed by atoms with Crippen LogP contribution in [0.1, 0.15) is 11.1 Å². The fraction of sp³-hybridized carbons (Fsp3) is 0.0435. The van der Waals surface area contributed by atoms with Crippen LogP contribution in [0, 0.1) is 5.82 Å². The highest BCUT2D eigenvalue weighted by molar-refractivity contribution is 7.15. The predicted molar refractivity (Wildman–Crippen MR) is 118 cm³/mol. The van der Waals surface area contributed by atoms with Gasteiger partial charge in [0.05, 0.1) is 20.6 Å². The van der Waals surface area contributed by atoms with E-state index in [2.05, 4.69) is 4.98 Å². The minimum Gasteiger partial charge on any atom is -0.489 e. The second kappa shape index (κ2) is 7.55. The first kappa shape index (κ1) is 18.8. The van der Waals surface area contributed by atoms with E-state index in [9.17, 15) is 9.18 Å². The van der Waals surface area contributed by atoms with Gasteiger partial charge in [-0.25, -0.2) is 13.8 Å². The molecule has 3 aromatic carbocycles. The molecule has 148 valence electrons. The van der Waals surface area contributed by atoms with Gasteiger partial charge >= 0.3 is 0 Å².